The second-order valence-electron chi connectivity index (χ2n) is 6.05. The molecule has 2 heterocycles. The van der Waals surface area contributed by atoms with Crippen molar-refractivity contribution in [3.63, 3.8) is 0 Å². The summed E-state index contributed by atoms with van der Waals surface area (Å²) in [5, 5.41) is 2.20. The van der Waals surface area contributed by atoms with Crippen LogP contribution >= 0.6 is 11.8 Å². The number of benzene rings is 1. The number of carbonyl (C=O) groups is 3. The highest BCUT2D eigenvalue weighted by atomic mass is 32.2. The first kappa shape index (κ1) is 17.7. The van der Waals surface area contributed by atoms with Crippen molar-refractivity contribution >= 4 is 35.2 Å². The summed E-state index contributed by atoms with van der Waals surface area (Å²) in [6, 6.07) is 1.99. The third kappa shape index (κ3) is 3.46. The molecule has 0 saturated carbocycles. The number of thioether (sulfide) groups is 1. The van der Waals surface area contributed by atoms with Gasteiger partial charge in [-0.1, -0.05) is 0 Å². The summed E-state index contributed by atoms with van der Waals surface area (Å²) >= 11 is 1.51. The highest BCUT2D eigenvalue weighted by molar-refractivity contribution is 8.01. The van der Waals surface area contributed by atoms with Gasteiger partial charge in [0.2, 0.25) is 5.91 Å². The Balaban J connectivity index is 1.55. The zero-order chi connectivity index (χ0) is 18.2. The maximum absolute atomic E-state index is 13.5. The van der Waals surface area contributed by atoms with Gasteiger partial charge in [0.1, 0.15) is 17.7 Å². The number of carbonyl (C=O) groups excluding carboxylic acids is 3. The van der Waals surface area contributed by atoms with Gasteiger partial charge in [0.25, 0.3) is 5.91 Å². The Morgan fingerprint density at radius 2 is 2.20 bits per heavy atom. The predicted molar refractivity (Wildman–Crippen MR) is 86.7 cm³/mol. The molecule has 2 amide bonds. The third-order valence-corrected chi connectivity index (χ3v) is 5.77. The molecule has 9 heteroatoms. The monoisotopic (exact) mass is 370 g/mol. The zero-order valence-corrected chi connectivity index (χ0v) is 14.2. The molecule has 2 atom stereocenters. The molecule has 0 bridgehead atoms. The molecule has 0 aromatic heterocycles. The first-order chi connectivity index (χ1) is 11.8. The van der Waals surface area contributed by atoms with E-state index < -0.39 is 41.0 Å². The van der Waals surface area contributed by atoms with Gasteiger partial charge in [0, 0.05) is 18.2 Å². The topological polar surface area (TPSA) is 75.7 Å². The summed E-state index contributed by atoms with van der Waals surface area (Å²) < 4.78 is 31.3. The minimum absolute atomic E-state index is 0.104. The van der Waals surface area contributed by atoms with E-state index >= 15 is 0 Å². The SMILES string of the molecule is C[C@]12CCC(=O)N1[C@@H](C(=O)OCC(=O)Nc1ccc(F)cc1F)CS2. The summed E-state index contributed by atoms with van der Waals surface area (Å²) in [5.41, 5.74) is -0.207. The number of hydrogen-bond donors (Lipinski definition) is 1. The Bertz CT molecular complexity index is 745. The minimum atomic E-state index is -0.926. The Morgan fingerprint density at radius 1 is 1.44 bits per heavy atom. The average molecular weight is 370 g/mol. The van der Waals surface area contributed by atoms with E-state index in [9.17, 15) is 23.2 Å². The second kappa shape index (κ2) is 6.62. The molecule has 0 radical (unpaired) electrons. The lowest BCUT2D eigenvalue weighted by Gasteiger charge is -2.29. The van der Waals surface area contributed by atoms with Crippen molar-refractivity contribution in [2.75, 3.05) is 17.7 Å². The fourth-order valence-corrected chi connectivity index (χ4v) is 4.42. The molecule has 0 spiro atoms. The normalized spacial score (nSPS) is 25.0. The van der Waals surface area contributed by atoms with Crippen LogP contribution < -0.4 is 5.32 Å². The number of rotatable bonds is 4. The molecule has 0 unspecified atom stereocenters. The maximum atomic E-state index is 13.5. The number of nitrogens with zero attached hydrogens (tertiary/aromatic N) is 1. The number of ether oxygens (including phenoxy) is 1. The number of halogens is 2. The lowest BCUT2D eigenvalue weighted by Crippen LogP contribution is -2.47. The lowest BCUT2D eigenvalue weighted by molar-refractivity contribution is -0.155. The smallest absolute Gasteiger partial charge is 0.330 e. The van der Waals surface area contributed by atoms with Gasteiger partial charge in [-0.05, 0) is 25.5 Å². The van der Waals surface area contributed by atoms with Crippen LogP contribution in [0.5, 0.6) is 0 Å². The molecule has 1 aromatic rings. The van der Waals surface area contributed by atoms with Crippen molar-refractivity contribution in [3.05, 3.63) is 29.8 Å². The first-order valence-corrected chi connectivity index (χ1v) is 8.66. The van der Waals surface area contributed by atoms with Crippen LogP contribution in [0.3, 0.4) is 0 Å². The van der Waals surface area contributed by atoms with Crippen LogP contribution in [0.15, 0.2) is 18.2 Å². The highest BCUT2D eigenvalue weighted by Gasteiger charge is 2.53. The van der Waals surface area contributed by atoms with Gasteiger partial charge in [0.05, 0.1) is 10.6 Å². The van der Waals surface area contributed by atoms with Crippen LogP contribution in [-0.4, -0.2) is 46.0 Å². The second-order valence-corrected chi connectivity index (χ2v) is 7.55. The summed E-state index contributed by atoms with van der Waals surface area (Å²) in [7, 11) is 0. The van der Waals surface area contributed by atoms with Crippen molar-refractivity contribution in [1.29, 1.82) is 0 Å². The standard InChI is InChI=1S/C16H16F2N2O4S/c1-16-5-4-14(22)20(16)12(8-25-16)15(23)24-7-13(21)19-11-3-2-9(17)6-10(11)18/h2-3,6,12H,4-5,7-8H2,1H3,(H,19,21)/t12-,16+/m1/s1. The molecular weight excluding hydrogens is 354 g/mol. The molecule has 1 aromatic carbocycles. The van der Waals surface area contributed by atoms with Gasteiger partial charge in [-0.3, -0.25) is 9.59 Å². The predicted octanol–water partition coefficient (Wildman–Crippen LogP) is 1.90. The molecule has 25 heavy (non-hydrogen) atoms. The molecule has 2 saturated heterocycles. The highest BCUT2D eigenvalue weighted by Crippen LogP contribution is 2.47. The number of fused-ring (bicyclic) bond motifs is 1. The van der Waals surface area contributed by atoms with Crippen LogP contribution in [0.4, 0.5) is 14.5 Å². The number of nitrogens with one attached hydrogen (secondary N) is 1. The molecule has 6 nitrogen and oxygen atoms in total. The van der Waals surface area contributed by atoms with Crippen LogP contribution in [0, 0.1) is 11.6 Å². The Kier molecular flexibility index (Phi) is 4.68. The molecule has 1 N–H and O–H groups in total. The van der Waals surface area contributed by atoms with Crippen LogP contribution in [-0.2, 0) is 19.1 Å². The number of amides is 2. The van der Waals surface area contributed by atoms with Crippen molar-refractivity contribution in [1.82, 2.24) is 4.90 Å². The van der Waals surface area contributed by atoms with Crippen LogP contribution in [0.25, 0.3) is 0 Å². The van der Waals surface area contributed by atoms with Gasteiger partial charge >= 0.3 is 5.97 Å². The quantitative estimate of drug-likeness (QED) is 0.820. The van der Waals surface area contributed by atoms with Crippen molar-refractivity contribution in [2.45, 2.75) is 30.7 Å². The zero-order valence-electron chi connectivity index (χ0n) is 13.4. The number of esters is 1. The average Bonchev–Trinajstić information content (AvgIpc) is 3.04. The number of anilines is 1. The van der Waals surface area contributed by atoms with Crippen molar-refractivity contribution in [2.24, 2.45) is 0 Å². The van der Waals surface area contributed by atoms with E-state index in [0.717, 1.165) is 12.1 Å². The number of hydrogen-bond acceptors (Lipinski definition) is 5. The maximum Gasteiger partial charge on any atom is 0.330 e. The van der Waals surface area contributed by atoms with Gasteiger partial charge in [-0.25, -0.2) is 13.6 Å². The fraction of sp³-hybridized carbons (Fsp3) is 0.438. The summed E-state index contributed by atoms with van der Waals surface area (Å²) in [6.45, 7) is 1.29. The van der Waals surface area contributed by atoms with Crippen LogP contribution in [0.2, 0.25) is 0 Å². The van der Waals surface area contributed by atoms with E-state index in [-0.39, 0.29) is 11.6 Å². The van der Waals surface area contributed by atoms with E-state index in [0.29, 0.717) is 24.7 Å². The fourth-order valence-electron chi connectivity index (χ4n) is 3.01. The largest absolute Gasteiger partial charge is 0.454 e. The van der Waals surface area contributed by atoms with Crippen molar-refractivity contribution < 1.29 is 27.9 Å². The van der Waals surface area contributed by atoms with Gasteiger partial charge in [-0.15, -0.1) is 11.8 Å². The van der Waals surface area contributed by atoms with Gasteiger partial charge in [-0.2, -0.15) is 0 Å². The van der Waals surface area contributed by atoms with Gasteiger partial charge in [0.15, 0.2) is 6.61 Å². The molecular formula is C16H16F2N2O4S. The first-order valence-electron chi connectivity index (χ1n) is 7.68. The molecule has 2 aliphatic heterocycles. The molecule has 0 aliphatic carbocycles. The Hall–Kier alpha value is -2.16. The Labute approximate surface area is 146 Å². The summed E-state index contributed by atoms with van der Waals surface area (Å²) in [6.07, 6.45) is 1.06. The molecule has 134 valence electrons. The summed E-state index contributed by atoms with van der Waals surface area (Å²) in [5.74, 6) is -2.80. The van der Waals surface area contributed by atoms with E-state index in [4.69, 9.17) is 4.74 Å². The summed E-state index contributed by atoms with van der Waals surface area (Å²) in [4.78, 5) is 37.1. The van der Waals surface area contributed by atoms with Crippen molar-refractivity contribution in [3.8, 4) is 0 Å². The minimum Gasteiger partial charge on any atom is -0.454 e. The van der Waals surface area contributed by atoms with E-state index in [1.54, 1.807) is 0 Å². The molecule has 2 fully saturated rings. The van der Waals surface area contributed by atoms with Gasteiger partial charge < -0.3 is 15.0 Å². The third-order valence-electron chi connectivity index (χ3n) is 4.27. The van der Waals surface area contributed by atoms with E-state index in [1.165, 1.54) is 16.7 Å². The molecule has 2 aliphatic rings. The van der Waals surface area contributed by atoms with E-state index in [2.05, 4.69) is 5.32 Å². The molecule has 3 rings (SSSR count). The van der Waals surface area contributed by atoms with E-state index in [1.807, 2.05) is 6.92 Å². The van der Waals surface area contributed by atoms with Crippen LogP contribution in [0.1, 0.15) is 19.8 Å². The Morgan fingerprint density at radius 3 is 2.92 bits per heavy atom. The lowest BCUT2D eigenvalue weighted by atomic mass is 10.2.